The van der Waals surface area contributed by atoms with Gasteiger partial charge in [0.2, 0.25) is 0 Å². The molecule has 3 heteroatoms. The van der Waals surface area contributed by atoms with Gasteiger partial charge in [-0.15, -0.1) is 0 Å². The lowest BCUT2D eigenvalue weighted by atomic mass is 9.87. The van der Waals surface area contributed by atoms with Crippen molar-refractivity contribution in [2.24, 2.45) is 0 Å². The summed E-state index contributed by atoms with van der Waals surface area (Å²) < 4.78 is 19.0. The van der Waals surface area contributed by atoms with E-state index >= 15 is 0 Å². The van der Waals surface area contributed by atoms with Crippen molar-refractivity contribution in [3.8, 4) is 11.8 Å². The molecule has 2 aromatic rings. The molecule has 0 aliphatic rings. The molecule has 2 rings (SSSR count). The quantitative estimate of drug-likeness (QED) is 0.826. The number of benzene rings is 2. The average Bonchev–Trinajstić information content (AvgIpc) is 2.46. The van der Waals surface area contributed by atoms with Gasteiger partial charge < -0.3 is 4.74 Å². The Kier molecular flexibility index (Phi) is 4.28. The SMILES string of the molecule is CC(C)(C)c1cccc(OCc2ccc(F)c(C#N)c2)c1. The molecule has 0 amide bonds. The molecule has 0 N–H and O–H groups in total. The maximum atomic E-state index is 13.3. The van der Waals surface area contributed by atoms with Gasteiger partial charge in [0.1, 0.15) is 24.2 Å². The third kappa shape index (κ3) is 3.82. The van der Waals surface area contributed by atoms with E-state index in [1.165, 1.54) is 17.7 Å². The molecule has 0 aromatic heterocycles. The molecule has 0 spiro atoms. The Morgan fingerprint density at radius 3 is 2.57 bits per heavy atom. The standard InChI is InChI=1S/C18H18FNO/c1-18(2,3)15-5-4-6-16(10-15)21-12-13-7-8-17(19)14(9-13)11-20/h4-10H,12H2,1-3H3. The zero-order valence-electron chi connectivity index (χ0n) is 12.5. The van der Waals surface area contributed by atoms with Crippen molar-refractivity contribution in [2.75, 3.05) is 0 Å². The first-order valence-electron chi connectivity index (χ1n) is 6.82. The van der Waals surface area contributed by atoms with Crippen LogP contribution in [-0.2, 0) is 12.0 Å². The predicted octanol–water partition coefficient (Wildman–Crippen LogP) is 4.57. The topological polar surface area (TPSA) is 33.0 Å². The number of nitrogens with zero attached hydrogens (tertiary/aromatic N) is 1. The fourth-order valence-corrected chi connectivity index (χ4v) is 1.97. The van der Waals surface area contributed by atoms with Crippen LogP contribution in [-0.4, -0.2) is 0 Å². The third-order valence-corrected chi connectivity index (χ3v) is 3.26. The van der Waals surface area contributed by atoms with E-state index in [1.807, 2.05) is 24.3 Å². The van der Waals surface area contributed by atoms with Crippen LogP contribution in [0.3, 0.4) is 0 Å². The zero-order valence-corrected chi connectivity index (χ0v) is 12.5. The molecule has 0 saturated carbocycles. The molecule has 0 bridgehead atoms. The summed E-state index contributed by atoms with van der Waals surface area (Å²) in [5.41, 5.74) is 2.06. The van der Waals surface area contributed by atoms with E-state index in [0.717, 1.165) is 11.3 Å². The van der Waals surface area contributed by atoms with Crippen LogP contribution in [0.2, 0.25) is 0 Å². The number of halogens is 1. The third-order valence-electron chi connectivity index (χ3n) is 3.26. The number of hydrogen-bond donors (Lipinski definition) is 0. The van der Waals surface area contributed by atoms with E-state index in [0.29, 0.717) is 6.61 Å². The molecular weight excluding hydrogens is 265 g/mol. The number of ether oxygens (including phenoxy) is 1. The minimum absolute atomic E-state index is 0.0412. The van der Waals surface area contributed by atoms with Gasteiger partial charge in [0.25, 0.3) is 0 Å². The molecule has 0 fully saturated rings. The fourth-order valence-electron chi connectivity index (χ4n) is 1.97. The van der Waals surface area contributed by atoms with E-state index in [-0.39, 0.29) is 11.0 Å². The molecule has 108 valence electrons. The molecule has 0 saturated heterocycles. The molecule has 2 nitrogen and oxygen atoms in total. The predicted molar refractivity (Wildman–Crippen MR) is 80.6 cm³/mol. The van der Waals surface area contributed by atoms with Gasteiger partial charge >= 0.3 is 0 Å². The van der Waals surface area contributed by atoms with Crippen molar-refractivity contribution in [2.45, 2.75) is 32.8 Å². The van der Waals surface area contributed by atoms with Crippen LogP contribution >= 0.6 is 0 Å². The van der Waals surface area contributed by atoms with Gasteiger partial charge in [-0.25, -0.2) is 4.39 Å². The first-order chi connectivity index (χ1) is 9.90. The highest BCUT2D eigenvalue weighted by molar-refractivity contribution is 5.35. The molecule has 21 heavy (non-hydrogen) atoms. The Bertz CT molecular complexity index is 680. The van der Waals surface area contributed by atoms with Gasteiger partial charge in [0.15, 0.2) is 0 Å². The Morgan fingerprint density at radius 2 is 1.90 bits per heavy atom. The maximum Gasteiger partial charge on any atom is 0.140 e. The normalized spacial score (nSPS) is 11.0. The summed E-state index contributed by atoms with van der Waals surface area (Å²) in [5, 5.41) is 8.82. The minimum atomic E-state index is -0.504. The summed E-state index contributed by atoms with van der Waals surface area (Å²) in [4.78, 5) is 0. The lowest BCUT2D eigenvalue weighted by Crippen LogP contribution is -2.11. The zero-order chi connectivity index (χ0) is 15.5. The first-order valence-corrected chi connectivity index (χ1v) is 6.82. The van der Waals surface area contributed by atoms with Gasteiger partial charge in [0.05, 0.1) is 5.56 Å². The highest BCUT2D eigenvalue weighted by Crippen LogP contribution is 2.26. The number of nitriles is 1. The lowest BCUT2D eigenvalue weighted by Gasteiger charge is -2.19. The van der Waals surface area contributed by atoms with Gasteiger partial charge in [-0.1, -0.05) is 39.0 Å². The second kappa shape index (κ2) is 5.97. The summed E-state index contributed by atoms with van der Waals surface area (Å²) in [6.45, 7) is 6.74. The van der Waals surface area contributed by atoms with Gasteiger partial charge in [0, 0.05) is 0 Å². The Morgan fingerprint density at radius 1 is 1.14 bits per heavy atom. The summed E-state index contributed by atoms with van der Waals surface area (Å²) >= 11 is 0. The molecule has 0 atom stereocenters. The van der Waals surface area contributed by atoms with E-state index in [2.05, 4.69) is 26.8 Å². The van der Waals surface area contributed by atoms with Crippen LogP contribution in [0.25, 0.3) is 0 Å². The summed E-state index contributed by atoms with van der Waals surface area (Å²) in [6, 6.07) is 14.2. The van der Waals surface area contributed by atoms with E-state index in [4.69, 9.17) is 10.00 Å². The lowest BCUT2D eigenvalue weighted by molar-refractivity contribution is 0.305. The first kappa shape index (κ1) is 15.1. The fraction of sp³-hybridized carbons (Fsp3) is 0.278. The molecule has 0 aliphatic heterocycles. The second-order valence-corrected chi connectivity index (χ2v) is 5.99. The van der Waals surface area contributed by atoms with Crippen LogP contribution < -0.4 is 4.74 Å². The second-order valence-electron chi connectivity index (χ2n) is 5.99. The highest BCUT2D eigenvalue weighted by Gasteiger charge is 2.14. The van der Waals surface area contributed by atoms with Crippen molar-refractivity contribution in [3.05, 3.63) is 65.0 Å². The molecule has 0 unspecified atom stereocenters. The van der Waals surface area contributed by atoms with Crippen molar-refractivity contribution in [3.63, 3.8) is 0 Å². The number of hydrogen-bond acceptors (Lipinski definition) is 2. The maximum absolute atomic E-state index is 13.3. The molecular formula is C18H18FNO. The van der Waals surface area contributed by atoms with Crippen molar-refractivity contribution in [1.29, 1.82) is 5.26 Å². The molecule has 0 heterocycles. The van der Waals surface area contributed by atoms with Crippen LogP contribution in [0.15, 0.2) is 42.5 Å². The largest absolute Gasteiger partial charge is 0.489 e. The minimum Gasteiger partial charge on any atom is -0.489 e. The smallest absolute Gasteiger partial charge is 0.140 e. The van der Waals surface area contributed by atoms with Gasteiger partial charge in [-0.05, 0) is 40.8 Å². The highest BCUT2D eigenvalue weighted by atomic mass is 19.1. The summed E-state index contributed by atoms with van der Waals surface area (Å²) in [5.74, 6) is 0.265. The Hall–Kier alpha value is -2.34. The Labute approximate surface area is 124 Å². The summed E-state index contributed by atoms with van der Waals surface area (Å²) in [7, 11) is 0. The van der Waals surface area contributed by atoms with Crippen molar-refractivity contribution in [1.82, 2.24) is 0 Å². The van der Waals surface area contributed by atoms with E-state index < -0.39 is 5.82 Å². The van der Waals surface area contributed by atoms with Crippen LogP contribution in [0.4, 0.5) is 4.39 Å². The monoisotopic (exact) mass is 283 g/mol. The van der Waals surface area contributed by atoms with Crippen molar-refractivity contribution >= 4 is 0 Å². The Balaban J connectivity index is 2.12. The van der Waals surface area contributed by atoms with Crippen molar-refractivity contribution < 1.29 is 9.13 Å². The van der Waals surface area contributed by atoms with Crippen LogP contribution in [0.5, 0.6) is 5.75 Å². The van der Waals surface area contributed by atoms with Gasteiger partial charge in [-0.3, -0.25) is 0 Å². The average molecular weight is 283 g/mol. The molecule has 0 aliphatic carbocycles. The number of rotatable bonds is 3. The van der Waals surface area contributed by atoms with Gasteiger partial charge in [-0.2, -0.15) is 5.26 Å². The van der Waals surface area contributed by atoms with E-state index in [1.54, 1.807) is 6.07 Å². The summed E-state index contributed by atoms with van der Waals surface area (Å²) in [6.07, 6.45) is 0. The molecule has 2 aromatic carbocycles. The molecule has 0 radical (unpaired) electrons. The van der Waals surface area contributed by atoms with Crippen LogP contribution in [0.1, 0.15) is 37.5 Å². The van der Waals surface area contributed by atoms with E-state index in [9.17, 15) is 4.39 Å². The van der Waals surface area contributed by atoms with Crippen LogP contribution in [0, 0.1) is 17.1 Å².